The van der Waals surface area contributed by atoms with Crippen molar-refractivity contribution >= 4 is 15.9 Å². The van der Waals surface area contributed by atoms with Gasteiger partial charge in [0, 0.05) is 29.8 Å². The Morgan fingerprint density at radius 2 is 2.10 bits per heavy atom. The molecule has 1 heterocycles. The van der Waals surface area contributed by atoms with E-state index in [0.717, 1.165) is 62.4 Å². The minimum absolute atomic E-state index is 0.623. The first-order chi connectivity index (χ1) is 10.2. The lowest BCUT2D eigenvalue weighted by Gasteiger charge is -2.23. The first-order valence-corrected chi connectivity index (χ1v) is 8.70. The smallest absolute Gasteiger partial charge is 0.126 e. The number of hydrogen-bond donors (Lipinski definition) is 1. The highest BCUT2D eigenvalue weighted by molar-refractivity contribution is 9.10. The van der Waals surface area contributed by atoms with Crippen molar-refractivity contribution in [3.05, 3.63) is 27.7 Å². The molecule has 1 aliphatic heterocycles. The molecule has 1 fully saturated rings. The van der Waals surface area contributed by atoms with Gasteiger partial charge in [-0.05, 0) is 56.3 Å². The summed E-state index contributed by atoms with van der Waals surface area (Å²) in [4.78, 5) is 0. The standard InChI is InChI=1S/C17H26BrNO2/c1-3-6-19-11-15-10-16(18)9-13(2)17(15)21-12-14-4-7-20-8-5-14/h9-10,14,19H,3-8,11-12H2,1-2H3. The summed E-state index contributed by atoms with van der Waals surface area (Å²) >= 11 is 3.58. The summed E-state index contributed by atoms with van der Waals surface area (Å²) in [6.07, 6.45) is 3.36. The first-order valence-electron chi connectivity index (χ1n) is 7.91. The van der Waals surface area contributed by atoms with Crippen molar-refractivity contribution in [1.29, 1.82) is 0 Å². The van der Waals surface area contributed by atoms with E-state index in [1.807, 2.05) is 0 Å². The topological polar surface area (TPSA) is 30.5 Å². The van der Waals surface area contributed by atoms with Crippen LogP contribution in [-0.4, -0.2) is 26.4 Å². The van der Waals surface area contributed by atoms with Gasteiger partial charge in [0.1, 0.15) is 5.75 Å². The third-order valence-electron chi connectivity index (χ3n) is 3.86. The zero-order valence-electron chi connectivity index (χ0n) is 13.1. The van der Waals surface area contributed by atoms with E-state index in [4.69, 9.17) is 9.47 Å². The monoisotopic (exact) mass is 355 g/mol. The van der Waals surface area contributed by atoms with E-state index in [0.29, 0.717) is 5.92 Å². The lowest BCUT2D eigenvalue weighted by atomic mass is 10.0. The molecule has 0 spiro atoms. The van der Waals surface area contributed by atoms with E-state index >= 15 is 0 Å². The minimum atomic E-state index is 0.623. The molecular formula is C17H26BrNO2. The maximum atomic E-state index is 6.18. The Kier molecular flexibility index (Phi) is 7.00. The molecule has 4 heteroatoms. The number of rotatable bonds is 7. The fourth-order valence-electron chi connectivity index (χ4n) is 2.65. The zero-order valence-corrected chi connectivity index (χ0v) is 14.7. The van der Waals surface area contributed by atoms with Gasteiger partial charge in [0.2, 0.25) is 0 Å². The van der Waals surface area contributed by atoms with Crippen LogP contribution in [0.2, 0.25) is 0 Å². The molecule has 1 N–H and O–H groups in total. The van der Waals surface area contributed by atoms with Gasteiger partial charge in [-0.25, -0.2) is 0 Å². The van der Waals surface area contributed by atoms with E-state index in [1.165, 1.54) is 11.1 Å². The maximum Gasteiger partial charge on any atom is 0.126 e. The van der Waals surface area contributed by atoms with Crippen LogP contribution < -0.4 is 10.1 Å². The number of halogens is 1. The molecule has 118 valence electrons. The highest BCUT2D eigenvalue weighted by atomic mass is 79.9. The molecule has 0 bridgehead atoms. The van der Waals surface area contributed by atoms with Crippen LogP contribution in [0.4, 0.5) is 0 Å². The van der Waals surface area contributed by atoms with Gasteiger partial charge in [-0.3, -0.25) is 0 Å². The van der Waals surface area contributed by atoms with Crippen molar-refractivity contribution < 1.29 is 9.47 Å². The molecular weight excluding hydrogens is 330 g/mol. The summed E-state index contributed by atoms with van der Waals surface area (Å²) in [6.45, 7) is 8.74. The van der Waals surface area contributed by atoms with E-state index in [1.54, 1.807) is 0 Å². The number of aryl methyl sites for hydroxylation is 1. The summed E-state index contributed by atoms with van der Waals surface area (Å²) in [7, 11) is 0. The van der Waals surface area contributed by atoms with Gasteiger partial charge < -0.3 is 14.8 Å². The molecule has 0 atom stereocenters. The largest absolute Gasteiger partial charge is 0.493 e. The minimum Gasteiger partial charge on any atom is -0.493 e. The van der Waals surface area contributed by atoms with Gasteiger partial charge in [0.15, 0.2) is 0 Å². The Labute approximate surface area is 136 Å². The maximum absolute atomic E-state index is 6.18. The lowest BCUT2D eigenvalue weighted by Crippen LogP contribution is -2.22. The fourth-order valence-corrected chi connectivity index (χ4v) is 3.27. The average Bonchev–Trinajstić information content (AvgIpc) is 2.47. The van der Waals surface area contributed by atoms with E-state index < -0.39 is 0 Å². The SMILES string of the molecule is CCCNCc1cc(Br)cc(C)c1OCC1CCOCC1. The number of hydrogen-bond acceptors (Lipinski definition) is 3. The molecule has 0 unspecified atom stereocenters. The Morgan fingerprint density at radius 1 is 1.33 bits per heavy atom. The predicted octanol–water partition coefficient (Wildman–Crippen LogP) is 4.06. The van der Waals surface area contributed by atoms with E-state index in [-0.39, 0.29) is 0 Å². The molecule has 21 heavy (non-hydrogen) atoms. The highest BCUT2D eigenvalue weighted by Crippen LogP contribution is 2.29. The third-order valence-corrected chi connectivity index (χ3v) is 4.32. The Hall–Kier alpha value is -0.580. The normalized spacial score (nSPS) is 16.1. The summed E-state index contributed by atoms with van der Waals surface area (Å²) in [5, 5.41) is 3.46. The van der Waals surface area contributed by atoms with Crippen LogP contribution in [0, 0.1) is 12.8 Å². The first kappa shape index (κ1) is 16.8. The molecule has 1 aliphatic rings. The van der Waals surface area contributed by atoms with Crippen molar-refractivity contribution in [1.82, 2.24) is 5.32 Å². The Bertz CT molecular complexity index is 445. The number of nitrogens with one attached hydrogen (secondary N) is 1. The molecule has 3 nitrogen and oxygen atoms in total. The van der Waals surface area contributed by atoms with Crippen molar-refractivity contribution in [2.45, 2.75) is 39.7 Å². The van der Waals surface area contributed by atoms with Crippen LogP contribution in [0.15, 0.2) is 16.6 Å². The van der Waals surface area contributed by atoms with Crippen LogP contribution in [0.3, 0.4) is 0 Å². The molecule has 0 aliphatic carbocycles. The van der Waals surface area contributed by atoms with Crippen molar-refractivity contribution in [2.75, 3.05) is 26.4 Å². The molecule has 0 radical (unpaired) electrons. The van der Waals surface area contributed by atoms with E-state index in [2.05, 4.69) is 47.2 Å². The number of ether oxygens (including phenoxy) is 2. The predicted molar refractivity (Wildman–Crippen MR) is 89.9 cm³/mol. The number of benzene rings is 1. The van der Waals surface area contributed by atoms with Crippen LogP contribution in [0.5, 0.6) is 5.75 Å². The van der Waals surface area contributed by atoms with E-state index in [9.17, 15) is 0 Å². The van der Waals surface area contributed by atoms with Crippen LogP contribution >= 0.6 is 15.9 Å². The Morgan fingerprint density at radius 3 is 2.81 bits per heavy atom. The second-order valence-corrected chi connectivity index (χ2v) is 6.67. The molecule has 1 aromatic carbocycles. The third kappa shape index (κ3) is 5.28. The zero-order chi connectivity index (χ0) is 15.1. The van der Waals surface area contributed by atoms with Gasteiger partial charge >= 0.3 is 0 Å². The summed E-state index contributed by atoms with van der Waals surface area (Å²) < 4.78 is 12.7. The fraction of sp³-hybridized carbons (Fsp3) is 0.647. The van der Waals surface area contributed by atoms with Crippen molar-refractivity contribution in [3.63, 3.8) is 0 Å². The molecule has 0 saturated carbocycles. The highest BCUT2D eigenvalue weighted by Gasteiger charge is 2.16. The average molecular weight is 356 g/mol. The molecule has 0 aromatic heterocycles. The summed E-state index contributed by atoms with van der Waals surface area (Å²) in [5.41, 5.74) is 2.44. The van der Waals surface area contributed by atoms with Gasteiger partial charge in [-0.2, -0.15) is 0 Å². The van der Waals surface area contributed by atoms with Crippen molar-refractivity contribution in [3.8, 4) is 5.75 Å². The molecule has 0 amide bonds. The van der Waals surface area contributed by atoms with Gasteiger partial charge in [-0.15, -0.1) is 0 Å². The Balaban J connectivity index is 2.01. The lowest BCUT2D eigenvalue weighted by molar-refractivity contribution is 0.0495. The van der Waals surface area contributed by atoms with Crippen LogP contribution in [-0.2, 0) is 11.3 Å². The van der Waals surface area contributed by atoms with Gasteiger partial charge in [-0.1, -0.05) is 22.9 Å². The second kappa shape index (κ2) is 8.76. The van der Waals surface area contributed by atoms with Crippen LogP contribution in [0.25, 0.3) is 0 Å². The summed E-state index contributed by atoms with van der Waals surface area (Å²) in [5.74, 6) is 1.67. The van der Waals surface area contributed by atoms with Gasteiger partial charge in [0.05, 0.1) is 6.61 Å². The molecule has 2 rings (SSSR count). The summed E-state index contributed by atoms with van der Waals surface area (Å²) in [6, 6.07) is 4.29. The van der Waals surface area contributed by atoms with Crippen LogP contribution in [0.1, 0.15) is 37.3 Å². The second-order valence-electron chi connectivity index (χ2n) is 5.75. The quantitative estimate of drug-likeness (QED) is 0.748. The molecule has 1 aromatic rings. The molecule has 1 saturated heterocycles. The van der Waals surface area contributed by atoms with Crippen molar-refractivity contribution in [2.24, 2.45) is 5.92 Å². The van der Waals surface area contributed by atoms with Gasteiger partial charge in [0.25, 0.3) is 0 Å².